The molecule has 2 aromatic carbocycles. The topological polar surface area (TPSA) is 95.4 Å². The van der Waals surface area contributed by atoms with Crippen LogP contribution in [0.2, 0.25) is 0 Å². The molecular formula is C30H24FN5OS. The number of amidine groups is 1. The van der Waals surface area contributed by atoms with Crippen LogP contribution in [0.1, 0.15) is 46.0 Å². The van der Waals surface area contributed by atoms with Crippen LogP contribution in [-0.2, 0) is 29.8 Å². The number of amides is 1. The molecule has 8 heteroatoms. The summed E-state index contributed by atoms with van der Waals surface area (Å²) >= 11 is 1.42. The number of hydrogen-bond acceptors (Lipinski definition) is 6. The van der Waals surface area contributed by atoms with Crippen LogP contribution in [-0.4, -0.2) is 25.7 Å². The molecule has 2 aliphatic carbocycles. The number of halogens is 1. The highest BCUT2D eigenvalue weighted by molar-refractivity contribution is 8.15. The predicted molar refractivity (Wildman–Crippen MR) is 145 cm³/mol. The van der Waals surface area contributed by atoms with E-state index in [1.807, 2.05) is 41.3 Å². The molecule has 0 radical (unpaired) electrons. The van der Waals surface area contributed by atoms with E-state index in [4.69, 9.17) is 16.0 Å². The fourth-order valence-electron chi connectivity index (χ4n) is 6.73. The minimum Gasteiger partial charge on any atom is -0.378 e. The second-order valence-corrected chi connectivity index (χ2v) is 11.9. The van der Waals surface area contributed by atoms with Gasteiger partial charge >= 0.3 is 0 Å². The Labute approximate surface area is 224 Å². The first kappa shape index (κ1) is 23.2. The molecule has 1 spiro atoms. The van der Waals surface area contributed by atoms with Crippen LogP contribution in [0.15, 0.2) is 65.8 Å². The summed E-state index contributed by atoms with van der Waals surface area (Å²) in [5.41, 5.74) is 11.7. The number of pyridine rings is 1. The highest BCUT2D eigenvalue weighted by Crippen LogP contribution is 2.73. The van der Waals surface area contributed by atoms with Gasteiger partial charge in [0, 0.05) is 31.6 Å². The Balaban J connectivity index is 1.20. The maximum atomic E-state index is 15.0. The number of aliphatic imine (C=N–C) groups is 1. The molecular weight excluding hydrogens is 497 g/mol. The van der Waals surface area contributed by atoms with Crippen LogP contribution in [0.3, 0.4) is 0 Å². The van der Waals surface area contributed by atoms with Crippen molar-refractivity contribution in [3.63, 3.8) is 0 Å². The molecule has 188 valence electrons. The van der Waals surface area contributed by atoms with E-state index in [2.05, 4.69) is 24.0 Å². The summed E-state index contributed by atoms with van der Waals surface area (Å²) in [5, 5.41) is 9.40. The van der Waals surface area contributed by atoms with Gasteiger partial charge in [-0.3, -0.25) is 14.8 Å². The molecule has 3 heterocycles. The molecule has 6 nitrogen and oxygen atoms in total. The van der Waals surface area contributed by atoms with E-state index in [0.29, 0.717) is 29.4 Å². The molecule has 2 N–H and O–H groups in total. The maximum Gasteiger partial charge on any atom is 0.240 e. The number of benzene rings is 2. The number of aromatic nitrogens is 1. The van der Waals surface area contributed by atoms with Gasteiger partial charge in [0.15, 0.2) is 5.17 Å². The molecule has 2 aliphatic heterocycles. The average Bonchev–Trinajstić information content (AvgIpc) is 3.30. The number of carbonyl (C=O) groups is 1. The van der Waals surface area contributed by atoms with Crippen molar-refractivity contribution in [2.45, 2.75) is 36.7 Å². The van der Waals surface area contributed by atoms with Crippen LogP contribution < -0.4 is 5.73 Å². The SMILES string of the molecule is CC1C2[C@@]1(C(=O)N1Cc3ccccc3C1)SC(N)=N[C@@]21Cc2ccc(/C=C(\F)c3ccc(C#N)cn3)cc21. The predicted octanol–water partition coefficient (Wildman–Crippen LogP) is 4.78. The van der Waals surface area contributed by atoms with Crippen LogP contribution in [0, 0.1) is 23.2 Å². The van der Waals surface area contributed by atoms with Crippen molar-refractivity contribution in [2.24, 2.45) is 22.6 Å². The Morgan fingerprint density at radius 2 is 1.95 bits per heavy atom. The second kappa shape index (κ2) is 8.02. The Hall–Kier alpha value is -3.96. The molecule has 1 amide bonds. The molecule has 1 saturated carbocycles. The zero-order valence-corrected chi connectivity index (χ0v) is 21.5. The molecule has 0 bridgehead atoms. The summed E-state index contributed by atoms with van der Waals surface area (Å²) in [6.07, 6.45) is 3.52. The van der Waals surface area contributed by atoms with E-state index in [1.54, 1.807) is 6.07 Å². The zero-order chi connectivity index (χ0) is 26.2. The van der Waals surface area contributed by atoms with Crippen molar-refractivity contribution < 1.29 is 9.18 Å². The number of nitriles is 1. The van der Waals surface area contributed by atoms with Gasteiger partial charge in [0.1, 0.15) is 16.6 Å². The fourth-order valence-corrected chi connectivity index (χ4v) is 8.28. The van der Waals surface area contributed by atoms with Gasteiger partial charge in [0.05, 0.1) is 16.8 Å². The first-order valence-corrected chi connectivity index (χ1v) is 13.4. The minimum atomic E-state index is -0.630. The molecule has 38 heavy (non-hydrogen) atoms. The van der Waals surface area contributed by atoms with Gasteiger partial charge in [-0.1, -0.05) is 55.1 Å². The Morgan fingerprint density at radius 1 is 1.18 bits per heavy atom. The van der Waals surface area contributed by atoms with Crippen LogP contribution >= 0.6 is 11.8 Å². The quantitative estimate of drug-likeness (QED) is 0.535. The molecule has 4 atom stereocenters. The normalized spacial score (nSPS) is 28.5. The van der Waals surface area contributed by atoms with Crippen molar-refractivity contribution in [1.82, 2.24) is 9.88 Å². The van der Waals surface area contributed by atoms with E-state index < -0.39 is 16.1 Å². The number of nitrogens with zero attached hydrogens (tertiary/aromatic N) is 4. The van der Waals surface area contributed by atoms with Gasteiger partial charge < -0.3 is 10.6 Å². The Bertz CT molecular complexity index is 1600. The number of fused-ring (bicyclic) bond motifs is 5. The highest BCUT2D eigenvalue weighted by atomic mass is 32.2. The third-order valence-electron chi connectivity index (χ3n) is 8.58. The highest BCUT2D eigenvalue weighted by Gasteiger charge is 2.79. The smallest absolute Gasteiger partial charge is 0.240 e. The monoisotopic (exact) mass is 521 g/mol. The lowest BCUT2D eigenvalue weighted by molar-refractivity contribution is -0.132. The van der Waals surface area contributed by atoms with E-state index in [9.17, 15) is 4.79 Å². The molecule has 2 unspecified atom stereocenters. The van der Waals surface area contributed by atoms with Crippen LogP contribution in [0.25, 0.3) is 11.9 Å². The van der Waals surface area contributed by atoms with Crippen molar-refractivity contribution in [3.05, 3.63) is 99.9 Å². The summed E-state index contributed by atoms with van der Waals surface area (Å²) in [6.45, 7) is 3.37. The van der Waals surface area contributed by atoms with E-state index >= 15 is 4.39 Å². The molecule has 3 aromatic rings. The number of hydrogen-bond donors (Lipinski definition) is 1. The summed E-state index contributed by atoms with van der Waals surface area (Å²) < 4.78 is 14.4. The first-order chi connectivity index (χ1) is 18.4. The second-order valence-electron chi connectivity index (χ2n) is 10.6. The van der Waals surface area contributed by atoms with Crippen molar-refractivity contribution in [2.75, 3.05) is 0 Å². The first-order valence-electron chi connectivity index (χ1n) is 12.6. The largest absolute Gasteiger partial charge is 0.378 e. The van der Waals surface area contributed by atoms with Crippen molar-refractivity contribution in [1.29, 1.82) is 5.26 Å². The minimum absolute atomic E-state index is 0.0280. The van der Waals surface area contributed by atoms with E-state index in [1.165, 1.54) is 41.2 Å². The lowest BCUT2D eigenvalue weighted by atomic mass is 9.66. The maximum absolute atomic E-state index is 15.0. The van der Waals surface area contributed by atoms with Gasteiger partial charge in [0.25, 0.3) is 0 Å². The average molecular weight is 522 g/mol. The summed E-state index contributed by atoms with van der Waals surface area (Å²) in [6, 6.07) is 19.1. The van der Waals surface area contributed by atoms with Gasteiger partial charge in [0.2, 0.25) is 5.91 Å². The summed E-state index contributed by atoms with van der Waals surface area (Å²) in [4.78, 5) is 25.0. The van der Waals surface area contributed by atoms with Crippen molar-refractivity contribution in [3.8, 4) is 6.07 Å². The van der Waals surface area contributed by atoms with Crippen LogP contribution in [0.4, 0.5) is 4.39 Å². The standard InChI is InChI=1S/C30H24FN5OS/c1-17-26-29(35-28(33)38-30(17,26)27(37)36-15-21-4-2-3-5-22(21)16-36)12-20-8-6-18(10-23(20)29)11-24(31)25-9-7-19(13-32)14-34-25/h2-11,14,17,26H,12,15-16H2,1H3,(H2,33,35)/b24-11-/t17?,26?,29-,30+/m1/s1. The summed E-state index contributed by atoms with van der Waals surface area (Å²) in [7, 11) is 0. The van der Waals surface area contributed by atoms with Crippen molar-refractivity contribution >= 4 is 34.7 Å². The third-order valence-corrected chi connectivity index (χ3v) is 10.0. The van der Waals surface area contributed by atoms with Gasteiger partial charge in [-0.05, 0) is 58.0 Å². The van der Waals surface area contributed by atoms with Gasteiger partial charge in [-0.2, -0.15) is 5.26 Å². The lowest BCUT2D eigenvalue weighted by Crippen LogP contribution is -2.49. The molecule has 1 fully saturated rings. The number of rotatable bonds is 3. The summed E-state index contributed by atoms with van der Waals surface area (Å²) in [5.74, 6) is -0.209. The number of nitrogens with two attached hydrogens (primary N) is 1. The fraction of sp³-hybridized carbons (Fsp3) is 0.267. The van der Waals surface area contributed by atoms with Crippen LogP contribution in [0.5, 0.6) is 0 Å². The Kier molecular flexibility index (Phi) is 4.89. The third kappa shape index (κ3) is 3.15. The molecule has 0 saturated heterocycles. The van der Waals surface area contributed by atoms with E-state index in [-0.39, 0.29) is 23.4 Å². The number of thioether (sulfide) groups is 1. The van der Waals surface area contributed by atoms with Gasteiger partial charge in [-0.25, -0.2) is 4.39 Å². The zero-order valence-electron chi connectivity index (χ0n) is 20.7. The number of carbonyl (C=O) groups excluding carboxylic acids is 1. The molecule has 7 rings (SSSR count). The van der Waals surface area contributed by atoms with Gasteiger partial charge in [-0.15, -0.1) is 0 Å². The molecule has 1 aromatic heterocycles. The molecule has 4 aliphatic rings. The Morgan fingerprint density at radius 3 is 2.63 bits per heavy atom. The van der Waals surface area contributed by atoms with E-state index in [0.717, 1.165) is 17.5 Å². The lowest BCUT2D eigenvalue weighted by Gasteiger charge is -2.45.